The maximum absolute atomic E-state index is 12.7. The molecule has 7 nitrogen and oxygen atoms in total. The second kappa shape index (κ2) is 8.64. The number of halogens is 4. The minimum Gasteiger partial charge on any atom is -0.406 e. The molecule has 0 spiro atoms. The lowest BCUT2D eigenvalue weighted by Gasteiger charge is -2.28. The summed E-state index contributed by atoms with van der Waals surface area (Å²) in [6.07, 6.45) is -3.22. The van der Waals surface area contributed by atoms with Crippen LogP contribution >= 0.6 is 23.4 Å². The van der Waals surface area contributed by atoms with E-state index >= 15 is 0 Å². The number of amides is 1. The standard InChI is InChI=1S/C19H15ClF3N5O2S/c1-31-10-18(8-24,9-28-26-15-5-2-11(20)6-16(15)27-28)14-7-12(30-19(21,22)23)3-4-13(14)17(25)29/h2-7H,9-10H2,1H3,(H2,25,29). The fourth-order valence-electron chi connectivity index (χ4n) is 3.16. The molecule has 0 radical (unpaired) electrons. The van der Waals surface area contributed by atoms with Crippen molar-refractivity contribution >= 4 is 40.3 Å². The van der Waals surface area contributed by atoms with E-state index in [2.05, 4.69) is 21.0 Å². The molecule has 0 aliphatic carbocycles. The van der Waals surface area contributed by atoms with E-state index in [0.29, 0.717) is 16.1 Å². The Morgan fingerprint density at radius 3 is 2.58 bits per heavy atom. The van der Waals surface area contributed by atoms with E-state index in [1.54, 1.807) is 24.5 Å². The molecule has 0 aliphatic heterocycles. The number of nitrogens with zero attached hydrogens (tertiary/aromatic N) is 4. The molecule has 1 amide bonds. The van der Waals surface area contributed by atoms with Crippen molar-refractivity contribution in [3.05, 3.63) is 52.5 Å². The third kappa shape index (κ3) is 5.03. The largest absolute Gasteiger partial charge is 0.573 e. The molecular weight excluding hydrogens is 455 g/mol. The van der Waals surface area contributed by atoms with Crippen LogP contribution in [0.25, 0.3) is 11.0 Å². The van der Waals surface area contributed by atoms with Crippen molar-refractivity contribution in [2.45, 2.75) is 18.3 Å². The van der Waals surface area contributed by atoms with Crippen molar-refractivity contribution in [2.75, 3.05) is 12.0 Å². The second-order valence-electron chi connectivity index (χ2n) is 6.61. The monoisotopic (exact) mass is 469 g/mol. The average molecular weight is 470 g/mol. The van der Waals surface area contributed by atoms with Gasteiger partial charge in [-0.05, 0) is 48.2 Å². The normalized spacial score (nSPS) is 13.5. The Hall–Kier alpha value is -2.97. The Morgan fingerprint density at radius 1 is 1.26 bits per heavy atom. The molecule has 1 heterocycles. The number of rotatable bonds is 7. The zero-order valence-electron chi connectivity index (χ0n) is 16.0. The van der Waals surface area contributed by atoms with Gasteiger partial charge in [0.25, 0.3) is 0 Å². The highest BCUT2D eigenvalue weighted by molar-refractivity contribution is 7.98. The van der Waals surface area contributed by atoms with Crippen molar-refractivity contribution in [3.63, 3.8) is 0 Å². The van der Waals surface area contributed by atoms with E-state index in [-0.39, 0.29) is 23.4 Å². The van der Waals surface area contributed by atoms with E-state index in [4.69, 9.17) is 17.3 Å². The molecule has 0 fully saturated rings. The molecule has 0 bridgehead atoms. The number of aromatic nitrogens is 3. The van der Waals surface area contributed by atoms with Crippen LogP contribution in [0.4, 0.5) is 13.2 Å². The lowest BCUT2D eigenvalue weighted by molar-refractivity contribution is -0.274. The lowest BCUT2D eigenvalue weighted by Crippen LogP contribution is -2.36. The van der Waals surface area contributed by atoms with Crippen molar-refractivity contribution < 1.29 is 22.7 Å². The molecule has 3 rings (SSSR count). The van der Waals surface area contributed by atoms with Crippen LogP contribution in [0.2, 0.25) is 5.02 Å². The summed E-state index contributed by atoms with van der Waals surface area (Å²) < 4.78 is 42.2. The van der Waals surface area contributed by atoms with Gasteiger partial charge in [-0.1, -0.05) is 11.6 Å². The molecule has 0 saturated heterocycles. The number of hydrogen-bond acceptors (Lipinski definition) is 6. The number of alkyl halides is 3. The van der Waals surface area contributed by atoms with E-state index in [1.807, 2.05) is 0 Å². The molecular formula is C19H15ClF3N5O2S. The molecule has 12 heteroatoms. The van der Waals surface area contributed by atoms with E-state index < -0.39 is 23.4 Å². The van der Waals surface area contributed by atoms with E-state index in [0.717, 1.165) is 18.2 Å². The number of nitriles is 1. The van der Waals surface area contributed by atoms with Crippen LogP contribution in [0.5, 0.6) is 5.75 Å². The minimum absolute atomic E-state index is 0.00186. The third-order valence-electron chi connectivity index (χ3n) is 4.41. The quantitative estimate of drug-likeness (QED) is 0.562. The molecule has 1 aromatic heterocycles. The molecule has 0 saturated carbocycles. The molecule has 1 unspecified atom stereocenters. The summed E-state index contributed by atoms with van der Waals surface area (Å²) in [5, 5.41) is 19.2. The van der Waals surface area contributed by atoms with Crippen LogP contribution in [0.15, 0.2) is 36.4 Å². The Bertz CT molecular complexity index is 1180. The van der Waals surface area contributed by atoms with Crippen molar-refractivity contribution in [2.24, 2.45) is 5.73 Å². The lowest BCUT2D eigenvalue weighted by atomic mass is 9.80. The van der Waals surface area contributed by atoms with E-state index in [1.165, 1.54) is 16.6 Å². The Kier molecular flexibility index (Phi) is 6.33. The summed E-state index contributed by atoms with van der Waals surface area (Å²) in [4.78, 5) is 13.3. The summed E-state index contributed by atoms with van der Waals surface area (Å²) in [6.45, 7) is -0.146. The molecule has 2 N–H and O–H groups in total. The fraction of sp³-hybridized carbons (Fsp3) is 0.263. The number of benzene rings is 2. The second-order valence-corrected chi connectivity index (χ2v) is 7.91. The molecule has 162 valence electrons. The zero-order chi connectivity index (χ0) is 22.8. The highest BCUT2D eigenvalue weighted by Gasteiger charge is 2.38. The fourth-order valence-corrected chi connectivity index (χ4v) is 4.13. The van der Waals surface area contributed by atoms with Gasteiger partial charge in [-0.25, -0.2) is 0 Å². The van der Waals surface area contributed by atoms with Crippen LogP contribution in [0.3, 0.4) is 0 Å². The first-order valence-corrected chi connectivity index (χ1v) is 10.4. The van der Waals surface area contributed by atoms with Gasteiger partial charge in [0.1, 0.15) is 22.2 Å². The van der Waals surface area contributed by atoms with Crippen LogP contribution in [-0.4, -0.2) is 39.3 Å². The summed E-state index contributed by atoms with van der Waals surface area (Å²) >= 11 is 7.24. The van der Waals surface area contributed by atoms with Crippen LogP contribution in [-0.2, 0) is 12.0 Å². The summed E-state index contributed by atoms with van der Waals surface area (Å²) in [5.74, 6) is -1.34. The van der Waals surface area contributed by atoms with Crippen LogP contribution in [0.1, 0.15) is 15.9 Å². The number of carbonyl (C=O) groups is 1. The average Bonchev–Trinajstić information content (AvgIpc) is 3.07. The maximum atomic E-state index is 12.7. The van der Waals surface area contributed by atoms with Crippen molar-refractivity contribution in [1.29, 1.82) is 5.26 Å². The van der Waals surface area contributed by atoms with Gasteiger partial charge < -0.3 is 10.5 Å². The topological polar surface area (TPSA) is 107 Å². The maximum Gasteiger partial charge on any atom is 0.573 e. The number of fused-ring (bicyclic) bond motifs is 1. The van der Waals surface area contributed by atoms with Crippen LogP contribution < -0.4 is 10.5 Å². The van der Waals surface area contributed by atoms with Crippen LogP contribution in [0, 0.1) is 11.3 Å². The van der Waals surface area contributed by atoms with Gasteiger partial charge in [-0.2, -0.15) is 32.0 Å². The van der Waals surface area contributed by atoms with Gasteiger partial charge in [-0.15, -0.1) is 13.2 Å². The number of nitrogens with two attached hydrogens (primary N) is 1. The molecule has 3 aromatic rings. The predicted molar refractivity (Wildman–Crippen MR) is 110 cm³/mol. The van der Waals surface area contributed by atoms with E-state index in [9.17, 15) is 23.2 Å². The van der Waals surface area contributed by atoms with Gasteiger partial charge in [0, 0.05) is 16.3 Å². The minimum atomic E-state index is -4.94. The summed E-state index contributed by atoms with van der Waals surface area (Å²) in [6, 6.07) is 10.1. The number of primary amides is 1. The Morgan fingerprint density at radius 2 is 1.97 bits per heavy atom. The number of hydrogen-bond donors (Lipinski definition) is 1. The summed E-state index contributed by atoms with van der Waals surface area (Å²) in [7, 11) is 0. The predicted octanol–water partition coefficient (Wildman–Crippen LogP) is 3.91. The van der Waals surface area contributed by atoms with Crippen molar-refractivity contribution in [3.8, 4) is 11.8 Å². The smallest absolute Gasteiger partial charge is 0.406 e. The highest BCUT2D eigenvalue weighted by Crippen LogP contribution is 2.35. The molecule has 0 aliphatic rings. The molecule has 1 atom stereocenters. The molecule has 31 heavy (non-hydrogen) atoms. The third-order valence-corrected chi connectivity index (χ3v) is 5.42. The number of ether oxygens (including phenoxy) is 1. The Labute approximate surface area is 183 Å². The number of thioether (sulfide) groups is 1. The number of carbonyl (C=O) groups excluding carboxylic acids is 1. The highest BCUT2D eigenvalue weighted by atomic mass is 35.5. The SMILES string of the molecule is CSCC(C#N)(Cn1nc2ccc(Cl)cc2n1)c1cc(OC(F)(F)F)ccc1C(N)=O. The van der Waals surface area contributed by atoms with Crippen molar-refractivity contribution in [1.82, 2.24) is 15.0 Å². The van der Waals surface area contributed by atoms with Gasteiger partial charge in [0.15, 0.2) is 0 Å². The van der Waals surface area contributed by atoms with Gasteiger partial charge in [-0.3, -0.25) is 4.79 Å². The Balaban J connectivity index is 2.14. The van der Waals surface area contributed by atoms with Gasteiger partial charge >= 0.3 is 6.36 Å². The summed E-state index contributed by atoms with van der Waals surface area (Å²) in [5.41, 5.74) is 4.86. The van der Waals surface area contributed by atoms with Gasteiger partial charge in [0.05, 0.1) is 12.6 Å². The first-order chi connectivity index (χ1) is 14.6. The first-order valence-electron chi connectivity index (χ1n) is 8.67. The van der Waals surface area contributed by atoms with Gasteiger partial charge in [0.2, 0.25) is 5.91 Å². The zero-order valence-corrected chi connectivity index (χ0v) is 17.6. The molecule has 2 aromatic carbocycles. The first kappa shape index (κ1) is 22.7.